The van der Waals surface area contributed by atoms with Gasteiger partial charge in [-0.25, -0.2) is 8.42 Å². The summed E-state index contributed by atoms with van der Waals surface area (Å²) in [4.78, 5) is 0.520. The van der Waals surface area contributed by atoms with Gasteiger partial charge in [0.05, 0.1) is 4.90 Å². The molecule has 0 aromatic heterocycles. The second-order valence-electron chi connectivity index (χ2n) is 6.19. The van der Waals surface area contributed by atoms with E-state index in [0.717, 1.165) is 49.0 Å². The van der Waals surface area contributed by atoms with Crippen LogP contribution in [0.3, 0.4) is 0 Å². The number of nitrogens with zero attached hydrogens (tertiary/aromatic N) is 1. The van der Waals surface area contributed by atoms with Gasteiger partial charge in [0.15, 0.2) is 0 Å². The van der Waals surface area contributed by atoms with Crippen molar-refractivity contribution in [2.75, 3.05) is 25.0 Å². The summed E-state index contributed by atoms with van der Waals surface area (Å²) in [6, 6.07) is 3.73. The van der Waals surface area contributed by atoms with Crippen molar-refractivity contribution in [3.05, 3.63) is 23.3 Å². The Morgan fingerprint density at radius 2 is 2.19 bits per heavy atom. The Labute approximate surface area is 127 Å². The van der Waals surface area contributed by atoms with E-state index in [9.17, 15) is 8.42 Å². The number of benzene rings is 1. The highest BCUT2D eigenvalue weighted by atomic mass is 32.2. The molecule has 1 saturated heterocycles. The van der Waals surface area contributed by atoms with Gasteiger partial charge in [-0.05, 0) is 49.3 Å². The molecule has 1 unspecified atom stereocenters. The highest BCUT2D eigenvalue weighted by Crippen LogP contribution is 2.34. The summed E-state index contributed by atoms with van der Waals surface area (Å²) in [5.74, 6) is 0.513. The fourth-order valence-electron chi connectivity index (χ4n) is 3.45. The van der Waals surface area contributed by atoms with Crippen LogP contribution in [0.25, 0.3) is 0 Å². The molecule has 2 aliphatic rings. The maximum Gasteiger partial charge on any atom is 0.243 e. The minimum Gasteiger partial charge on any atom is -0.385 e. The molecule has 2 aliphatic heterocycles. The van der Waals surface area contributed by atoms with E-state index in [0.29, 0.717) is 23.9 Å². The quantitative estimate of drug-likeness (QED) is 0.934. The lowest BCUT2D eigenvalue weighted by Gasteiger charge is -2.25. The van der Waals surface area contributed by atoms with Gasteiger partial charge in [-0.3, -0.25) is 0 Å². The average molecular weight is 308 g/mol. The van der Waals surface area contributed by atoms with Crippen molar-refractivity contribution in [1.82, 2.24) is 4.31 Å². The van der Waals surface area contributed by atoms with Gasteiger partial charge in [0.2, 0.25) is 10.0 Å². The van der Waals surface area contributed by atoms with Crippen molar-refractivity contribution in [3.8, 4) is 0 Å². The van der Waals surface area contributed by atoms with Crippen LogP contribution in [0.1, 0.15) is 37.3 Å². The summed E-state index contributed by atoms with van der Waals surface area (Å²) in [5.41, 5.74) is 3.16. The van der Waals surface area contributed by atoms with Crippen LogP contribution in [0.15, 0.2) is 17.0 Å². The van der Waals surface area contributed by atoms with Crippen LogP contribution in [0, 0.1) is 12.8 Å². The average Bonchev–Trinajstić information content (AvgIpc) is 2.97. The van der Waals surface area contributed by atoms with E-state index in [4.69, 9.17) is 0 Å². The first-order valence-corrected chi connectivity index (χ1v) is 9.34. The molecule has 1 aromatic carbocycles. The van der Waals surface area contributed by atoms with Gasteiger partial charge in [-0.1, -0.05) is 19.4 Å². The third-order valence-corrected chi connectivity index (χ3v) is 6.78. The van der Waals surface area contributed by atoms with Gasteiger partial charge >= 0.3 is 0 Å². The lowest BCUT2D eigenvalue weighted by atomic mass is 10.00. The van der Waals surface area contributed by atoms with Crippen molar-refractivity contribution in [1.29, 1.82) is 0 Å². The molecule has 0 radical (unpaired) electrons. The molecular weight excluding hydrogens is 284 g/mol. The molecule has 3 rings (SSSR count). The second-order valence-corrected chi connectivity index (χ2v) is 8.10. The van der Waals surface area contributed by atoms with E-state index in [1.807, 2.05) is 13.0 Å². The van der Waals surface area contributed by atoms with Crippen LogP contribution in [-0.2, 0) is 16.4 Å². The highest BCUT2D eigenvalue weighted by Gasteiger charge is 2.34. The molecule has 0 bridgehead atoms. The topological polar surface area (TPSA) is 49.4 Å². The van der Waals surface area contributed by atoms with E-state index in [2.05, 4.69) is 12.2 Å². The molecule has 1 aromatic rings. The first-order chi connectivity index (χ1) is 10.0. The number of anilines is 1. The predicted octanol–water partition coefficient (Wildman–Crippen LogP) is 2.77. The van der Waals surface area contributed by atoms with Crippen molar-refractivity contribution >= 4 is 15.7 Å². The van der Waals surface area contributed by atoms with E-state index in [1.54, 1.807) is 10.4 Å². The van der Waals surface area contributed by atoms with Crippen LogP contribution in [-0.4, -0.2) is 32.4 Å². The molecule has 1 atom stereocenters. The highest BCUT2D eigenvalue weighted by molar-refractivity contribution is 7.89. The lowest BCUT2D eigenvalue weighted by Crippen LogP contribution is -2.30. The molecule has 1 fully saturated rings. The van der Waals surface area contributed by atoms with Crippen LogP contribution in [0.2, 0.25) is 0 Å². The van der Waals surface area contributed by atoms with Crippen molar-refractivity contribution in [3.63, 3.8) is 0 Å². The number of fused-ring (bicyclic) bond motifs is 1. The Balaban J connectivity index is 2.00. The van der Waals surface area contributed by atoms with E-state index in [1.165, 1.54) is 0 Å². The van der Waals surface area contributed by atoms with Gasteiger partial charge in [0.25, 0.3) is 0 Å². The van der Waals surface area contributed by atoms with E-state index in [-0.39, 0.29) is 0 Å². The molecule has 2 heterocycles. The molecule has 0 spiro atoms. The molecular formula is C16H24N2O2S. The zero-order valence-electron chi connectivity index (χ0n) is 12.9. The van der Waals surface area contributed by atoms with E-state index < -0.39 is 10.0 Å². The molecule has 4 nitrogen and oxygen atoms in total. The Morgan fingerprint density at radius 3 is 2.90 bits per heavy atom. The largest absolute Gasteiger partial charge is 0.385 e. The van der Waals surface area contributed by atoms with Crippen LogP contribution in [0.5, 0.6) is 0 Å². The Bertz CT molecular complexity index is 640. The van der Waals surface area contributed by atoms with Crippen LogP contribution in [0.4, 0.5) is 5.69 Å². The zero-order chi connectivity index (χ0) is 15.0. The Morgan fingerprint density at radius 1 is 1.38 bits per heavy atom. The van der Waals surface area contributed by atoms with Crippen molar-refractivity contribution in [2.45, 2.75) is 44.4 Å². The normalized spacial score (nSPS) is 22.9. The number of sulfonamides is 1. The number of nitrogens with one attached hydrogen (secondary N) is 1. The van der Waals surface area contributed by atoms with Crippen LogP contribution >= 0.6 is 0 Å². The summed E-state index contributed by atoms with van der Waals surface area (Å²) >= 11 is 0. The minimum absolute atomic E-state index is 0.513. The molecule has 0 aliphatic carbocycles. The second kappa shape index (κ2) is 5.61. The Kier molecular flexibility index (Phi) is 3.97. The fourth-order valence-corrected chi connectivity index (χ4v) is 5.23. The summed E-state index contributed by atoms with van der Waals surface area (Å²) < 4.78 is 27.6. The van der Waals surface area contributed by atoms with Crippen molar-refractivity contribution < 1.29 is 8.42 Å². The number of rotatable bonds is 3. The Hall–Kier alpha value is -1.07. The number of hydrogen-bond donors (Lipinski definition) is 1. The summed E-state index contributed by atoms with van der Waals surface area (Å²) in [5, 5.41) is 3.37. The molecule has 1 N–H and O–H groups in total. The van der Waals surface area contributed by atoms with Gasteiger partial charge in [-0.15, -0.1) is 0 Å². The third-order valence-electron chi connectivity index (χ3n) is 4.83. The first-order valence-electron chi connectivity index (χ1n) is 7.90. The van der Waals surface area contributed by atoms with E-state index >= 15 is 0 Å². The summed E-state index contributed by atoms with van der Waals surface area (Å²) in [6.07, 6.45) is 3.89. The molecule has 0 saturated carbocycles. The monoisotopic (exact) mass is 308 g/mol. The number of aryl methyl sites for hydroxylation is 1. The minimum atomic E-state index is -3.35. The van der Waals surface area contributed by atoms with Gasteiger partial charge in [0, 0.05) is 25.3 Å². The summed E-state index contributed by atoms with van der Waals surface area (Å²) in [7, 11) is -3.35. The lowest BCUT2D eigenvalue weighted by molar-refractivity contribution is 0.452. The standard InChI is InChI=1S/C16H24N2O2S/c1-3-13-8-10-18(11-13)21(19,20)15-7-6-12(2)16-14(15)5-4-9-17-16/h6-7,13,17H,3-5,8-11H2,1-2H3. The predicted molar refractivity (Wildman–Crippen MR) is 85.1 cm³/mol. The summed E-state index contributed by atoms with van der Waals surface area (Å²) in [6.45, 7) is 6.44. The fraction of sp³-hybridized carbons (Fsp3) is 0.625. The first kappa shape index (κ1) is 14.9. The number of hydrogen-bond acceptors (Lipinski definition) is 3. The maximum absolute atomic E-state index is 13.0. The van der Waals surface area contributed by atoms with Crippen LogP contribution < -0.4 is 5.32 Å². The maximum atomic E-state index is 13.0. The SMILES string of the molecule is CCC1CCN(S(=O)(=O)c2ccc(C)c3c2CCCN3)C1. The molecule has 0 amide bonds. The van der Waals surface area contributed by atoms with Crippen molar-refractivity contribution in [2.24, 2.45) is 5.92 Å². The zero-order valence-corrected chi connectivity index (χ0v) is 13.7. The van der Waals surface area contributed by atoms with Gasteiger partial charge in [0.1, 0.15) is 0 Å². The molecule has 5 heteroatoms. The molecule has 116 valence electrons. The molecule has 21 heavy (non-hydrogen) atoms. The van der Waals surface area contributed by atoms with Gasteiger partial charge < -0.3 is 5.32 Å². The smallest absolute Gasteiger partial charge is 0.243 e. The van der Waals surface area contributed by atoms with Gasteiger partial charge in [-0.2, -0.15) is 4.31 Å². The third kappa shape index (κ3) is 2.57.